The van der Waals surface area contributed by atoms with Crippen molar-refractivity contribution in [1.82, 2.24) is 10.3 Å². The molecule has 2 aromatic rings. The van der Waals surface area contributed by atoms with Gasteiger partial charge >= 0.3 is 0 Å². The van der Waals surface area contributed by atoms with Crippen LogP contribution in [0.3, 0.4) is 0 Å². The van der Waals surface area contributed by atoms with Gasteiger partial charge in [0.05, 0.1) is 5.54 Å². The first-order valence-electron chi connectivity index (χ1n) is 7.20. The quantitative estimate of drug-likeness (QED) is 0.796. The molecular weight excluding hydrogens is 353 g/mol. The van der Waals surface area contributed by atoms with E-state index in [-0.39, 0.29) is 36.3 Å². The molecule has 0 aliphatic heterocycles. The van der Waals surface area contributed by atoms with E-state index >= 15 is 0 Å². The second-order valence-corrected chi connectivity index (χ2v) is 6.52. The van der Waals surface area contributed by atoms with Crippen LogP contribution >= 0.6 is 36.2 Å². The first kappa shape index (κ1) is 19.7. The van der Waals surface area contributed by atoms with Crippen LogP contribution in [0.1, 0.15) is 46.7 Å². The summed E-state index contributed by atoms with van der Waals surface area (Å²) in [6.45, 7) is 1.99. The number of amides is 1. The lowest BCUT2D eigenvalue weighted by Crippen LogP contribution is -2.43. The number of carbonyl (C=O) groups excluding carboxylic acids is 1. The van der Waals surface area contributed by atoms with Gasteiger partial charge in [-0.2, -0.15) is 0 Å². The van der Waals surface area contributed by atoms with Gasteiger partial charge in [-0.1, -0.05) is 18.9 Å². The molecule has 1 aromatic carbocycles. The number of carbonyl (C=O) groups is 1. The fraction of sp³-hybridized carbons (Fsp3) is 0.375. The van der Waals surface area contributed by atoms with E-state index in [1.165, 1.54) is 0 Å². The van der Waals surface area contributed by atoms with Gasteiger partial charge in [-0.3, -0.25) is 4.79 Å². The molecule has 0 unspecified atom stereocenters. The molecule has 0 bridgehead atoms. The minimum Gasteiger partial charge on any atom is -0.399 e. The van der Waals surface area contributed by atoms with Crippen molar-refractivity contribution in [1.29, 1.82) is 0 Å². The normalized spacial score (nSPS) is 15.3. The molecule has 1 saturated carbocycles. The summed E-state index contributed by atoms with van der Waals surface area (Å²) >= 11 is 1.64. The van der Waals surface area contributed by atoms with Gasteiger partial charge in [0.2, 0.25) is 0 Å². The average molecular weight is 374 g/mol. The number of aromatic nitrogens is 1. The van der Waals surface area contributed by atoms with Crippen LogP contribution in [0, 0.1) is 6.92 Å². The maximum atomic E-state index is 12.5. The van der Waals surface area contributed by atoms with E-state index in [2.05, 4.69) is 10.3 Å². The van der Waals surface area contributed by atoms with Crippen molar-refractivity contribution in [2.75, 3.05) is 5.73 Å². The predicted octanol–water partition coefficient (Wildman–Crippen LogP) is 4.08. The largest absolute Gasteiger partial charge is 0.399 e. The molecule has 4 nitrogen and oxygen atoms in total. The minimum absolute atomic E-state index is 0. The molecule has 1 aromatic heterocycles. The number of rotatable bonds is 3. The highest BCUT2D eigenvalue weighted by molar-refractivity contribution is 7.09. The van der Waals surface area contributed by atoms with Crippen LogP contribution < -0.4 is 11.1 Å². The molecule has 1 amide bonds. The van der Waals surface area contributed by atoms with Crippen molar-refractivity contribution in [3.8, 4) is 0 Å². The maximum absolute atomic E-state index is 12.5. The summed E-state index contributed by atoms with van der Waals surface area (Å²) in [6.07, 6.45) is 4.15. The molecule has 0 radical (unpaired) electrons. The minimum atomic E-state index is -0.305. The summed E-state index contributed by atoms with van der Waals surface area (Å²) in [6, 6.07) is 7.10. The number of benzene rings is 1. The van der Waals surface area contributed by atoms with Crippen LogP contribution in [0.25, 0.3) is 0 Å². The van der Waals surface area contributed by atoms with Crippen molar-refractivity contribution < 1.29 is 4.79 Å². The zero-order valence-corrected chi connectivity index (χ0v) is 15.3. The smallest absolute Gasteiger partial charge is 0.252 e. The van der Waals surface area contributed by atoms with Gasteiger partial charge in [0, 0.05) is 22.3 Å². The van der Waals surface area contributed by atoms with E-state index in [4.69, 9.17) is 5.73 Å². The molecule has 0 spiro atoms. The molecule has 23 heavy (non-hydrogen) atoms. The summed E-state index contributed by atoms with van der Waals surface area (Å²) in [7, 11) is 0. The van der Waals surface area contributed by atoms with E-state index in [0.29, 0.717) is 11.3 Å². The second-order valence-electron chi connectivity index (χ2n) is 5.66. The van der Waals surface area contributed by atoms with Gasteiger partial charge in [-0.15, -0.1) is 36.2 Å². The van der Waals surface area contributed by atoms with Gasteiger partial charge in [-0.25, -0.2) is 4.98 Å². The number of nitrogens with one attached hydrogen (secondary N) is 1. The lowest BCUT2D eigenvalue weighted by Gasteiger charge is -2.28. The van der Waals surface area contributed by atoms with E-state index < -0.39 is 0 Å². The Labute approximate surface area is 152 Å². The first-order chi connectivity index (χ1) is 10.1. The van der Waals surface area contributed by atoms with Crippen LogP contribution in [0.15, 0.2) is 29.6 Å². The lowest BCUT2D eigenvalue weighted by atomic mass is 9.97. The number of hydrogen-bond acceptors (Lipinski definition) is 4. The van der Waals surface area contributed by atoms with Gasteiger partial charge in [0.1, 0.15) is 5.01 Å². The summed E-state index contributed by atoms with van der Waals surface area (Å²) in [5.74, 6) is -0.0722. The van der Waals surface area contributed by atoms with Crippen molar-refractivity contribution in [3.05, 3.63) is 45.9 Å². The van der Waals surface area contributed by atoms with E-state index in [9.17, 15) is 4.79 Å². The van der Waals surface area contributed by atoms with Gasteiger partial charge in [-0.05, 0) is 38.0 Å². The highest BCUT2D eigenvalue weighted by atomic mass is 35.5. The maximum Gasteiger partial charge on any atom is 0.252 e. The first-order valence-corrected chi connectivity index (χ1v) is 8.08. The lowest BCUT2D eigenvalue weighted by molar-refractivity contribution is 0.0898. The third kappa shape index (κ3) is 4.16. The van der Waals surface area contributed by atoms with Crippen molar-refractivity contribution >= 4 is 47.7 Å². The summed E-state index contributed by atoms with van der Waals surface area (Å²) in [5, 5.41) is 6.29. The van der Waals surface area contributed by atoms with E-state index in [1.54, 1.807) is 35.6 Å². The molecular formula is C16H21Cl2N3OS. The Bertz CT molecular complexity index is 669. The van der Waals surface area contributed by atoms with Crippen LogP contribution in [-0.2, 0) is 5.54 Å². The Kier molecular flexibility index (Phi) is 6.86. The fourth-order valence-electron chi connectivity index (χ4n) is 2.91. The number of thiazole rings is 1. The summed E-state index contributed by atoms with van der Waals surface area (Å²) in [4.78, 5) is 17.2. The molecule has 126 valence electrons. The van der Waals surface area contributed by atoms with Crippen LogP contribution in [-0.4, -0.2) is 10.9 Å². The third-order valence-electron chi connectivity index (χ3n) is 3.99. The van der Waals surface area contributed by atoms with Gasteiger partial charge < -0.3 is 11.1 Å². The number of aryl methyl sites for hydroxylation is 1. The molecule has 3 rings (SSSR count). The molecule has 1 aliphatic rings. The monoisotopic (exact) mass is 373 g/mol. The van der Waals surface area contributed by atoms with Gasteiger partial charge in [0.15, 0.2) is 0 Å². The molecule has 1 heterocycles. The fourth-order valence-corrected chi connectivity index (χ4v) is 3.93. The van der Waals surface area contributed by atoms with Crippen molar-refractivity contribution in [2.24, 2.45) is 0 Å². The SMILES string of the molecule is Cc1csc(C2(NC(=O)c3cccc(N)c3)CCCC2)n1.Cl.Cl. The van der Waals surface area contributed by atoms with Crippen molar-refractivity contribution in [3.63, 3.8) is 0 Å². The third-order valence-corrected chi connectivity index (χ3v) is 5.15. The zero-order chi connectivity index (χ0) is 14.9. The van der Waals surface area contributed by atoms with Crippen LogP contribution in [0.4, 0.5) is 5.69 Å². The Morgan fingerprint density at radius 2 is 2.00 bits per heavy atom. The van der Waals surface area contributed by atoms with Gasteiger partial charge in [0.25, 0.3) is 5.91 Å². The molecule has 3 N–H and O–H groups in total. The molecule has 0 saturated heterocycles. The zero-order valence-electron chi connectivity index (χ0n) is 12.9. The Hall–Kier alpha value is -1.30. The van der Waals surface area contributed by atoms with Crippen molar-refractivity contribution in [2.45, 2.75) is 38.1 Å². The number of nitrogens with zero attached hydrogens (tertiary/aromatic N) is 1. The molecule has 1 aliphatic carbocycles. The number of hydrogen-bond donors (Lipinski definition) is 2. The number of nitrogens with two attached hydrogens (primary N) is 1. The predicted molar refractivity (Wildman–Crippen MR) is 99.8 cm³/mol. The molecule has 1 fully saturated rings. The average Bonchev–Trinajstić information content (AvgIpc) is 3.09. The number of nitrogen functional groups attached to an aromatic ring is 1. The Balaban J connectivity index is 0.00000132. The molecule has 0 atom stereocenters. The number of anilines is 1. The molecule has 7 heteroatoms. The van der Waals surface area contributed by atoms with Crippen LogP contribution in [0.2, 0.25) is 0 Å². The Morgan fingerprint density at radius 3 is 2.57 bits per heavy atom. The van der Waals surface area contributed by atoms with E-state index in [1.807, 2.05) is 12.3 Å². The van der Waals surface area contributed by atoms with E-state index in [0.717, 1.165) is 36.4 Å². The number of halogens is 2. The highest BCUT2D eigenvalue weighted by Gasteiger charge is 2.39. The highest BCUT2D eigenvalue weighted by Crippen LogP contribution is 2.40. The Morgan fingerprint density at radius 1 is 1.30 bits per heavy atom. The standard InChI is InChI=1S/C16H19N3OS.2ClH/c1-11-10-21-15(18-11)16(7-2-3-8-16)19-14(20)12-5-4-6-13(17)9-12;;/h4-6,9-10H,2-3,7-8,17H2,1H3,(H,19,20);2*1H. The van der Waals surface area contributed by atoms with Crippen LogP contribution in [0.5, 0.6) is 0 Å². The summed E-state index contributed by atoms with van der Waals surface area (Å²) < 4.78 is 0. The summed E-state index contributed by atoms with van der Waals surface area (Å²) in [5.41, 5.74) is 7.68. The second kappa shape index (κ2) is 7.99. The topological polar surface area (TPSA) is 68.0 Å².